The number of unbranched alkanes of at least 4 members (excludes halogenated alkanes) is 1. The van der Waals surface area contributed by atoms with Crippen molar-refractivity contribution >= 4 is 11.7 Å². The van der Waals surface area contributed by atoms with E-state index in [1.165, 1.54) is 0 Å². The summed E-state index contributed by atoms with van der Waals surface area (Å²) in [7, 11) is 0. The van der Waals surface area contributed by atoms with Gasteiger partial charge in [0.05, 0.1) is 12.2 Å². The minimum absolute atomic E-state index is 0.317. The van der Waals surface area contributed by atoms with E-state index in [1.807, 2.05) is 19.1 Å². The molecule has 1 aromatic carbocycles. The predicted molar refractivity (Wildman–Crippen MR) is 70.0 cm³/mol. The normalized spacial score (nSPS) is 10.2. The molecule has 0 aliphatic heterocycles. The maximum absolute atomic E-state index is 11.7. The summed E-state index contributed by atoms with van der Waals surface area (Å²) in [5.74, 6) is -0.317. The van der Waals surface area contributed by atoms with Crippen molar-refractivity contribution in [3.63, 3.8) is 0 Å². The number of benzene rings is 1. The number of esters is 1. The molecule has 0 unspecified atom stereocenters. The topological polar surface area (TPSA) is 52.3 Å². The van der Waals surface area contributed by atoms with Crippen molar-refractivity contribution in [3.05, 3.63) is 29.3 Å². The Hall–Kier alpha value is -1.51. The molecule has 3 nitrogen and oxygen atoms in total. The molecule has 17 heavy (non-hydrogen) atoms. The number of nitrogen functional groups attached to an aromatic ring is 1. The summed E-state index contributed by atoms with van der Waals surface area (Å²) in [5.41, 5.74) is 7.92. The molecular weight excluding hydrogens is 214 g/mol. The Kier molecular flexibility index (Phi) is 5.53. The molecule has 0 radical (unpaired) electrons. The van der Waals surface area contributed by atoms with Crippen LogP contribution in [0.5, 0.6) is 0 Å². The van der Waals surface area contributed by atoms with Crippen molar-refractivity contribution in [3.8, 4) is 0 Å². The zero-order valence-electron chi connectivity index (χ0n) is 10.7. The van der Waals surface area contributed by atoms with E-state index in [-0.39, 0.29) is 5.97 Å². The van der Waals surface area contributed by atoms with Gasteiger partial charge in [0.15, 0.2) is 0 Å². The van der Waals surface area contributed by atoms with Gasteiger partial charge in [0, 0.05) is 5.69 Å². The Morgan fingerprint density at radius 3 is 2.71 bits per heavy atom. The minimum atomic E-state index is -0.317. The Morgan fingerprint density at radius 1 is 1.29 bits per heavy atom. The van der Waals surface area contributed by atoms with E-state index in [4.69, 9.17) is 10.5 Å². The number of hydrogen-bond donors (Lipinski definition) is 1. The van der Waals surface area contributed by atoms with E-state index in [0.717, 1.165) is 31.2 Å². The molecule has 2 N–H and O–H groups in total. The van der Waals surface area contributed by atoms with Crippen molar-refractivity contribution in [2.75, 3.05) is 12.3 Å². The molecule has 0 bridgehead atoms. The number of ether oxygens (including phenoxy) is 1. The third-order valence-corrected chi connectivity index (χ3v) is 2.59. The molecule has 0 amide bonds. The van der Waals surface area contributed by atoms with Gasteiger partial charge in [0.2, 0.25) is 0 Å². The second kappa shape index (κ2) is 6.94. The lowest BCUT2D eigenvalue weighted by Gasteiger charge is -2.08. The van der Waals surface area contributed by atoms with Crippen LogP contribution in [0.2, 0.25) is 0 Å². The van der Waals surface area contributed by atoms with Crippen LogP contribution in [0.3, 0.4) is 0 Å². The van der Waals surface area contributed by atoms with Gasteiger partial charge in [-0.25, -0.2) is 4.79 Å². The molecular formula is C14H21NO2. The summed E-state index contributed by atoms with van der Waals surface area (Å²) in [6, 6.07) is 5.61. The first-order chi connectivity index (χ1) is 8.19. The average Bonchev–Trinajstić information content (AvgIpc) is 2.35. The molecule has 0 saturated carbocycles. The highest BCUT2D eigenvalue weighted by atomic mass is 16.5. The largest absolute Gasteiger partial charge is 0.462 e. The molecule has 0 aromatic heterocycles. The smallest absolute Gasteiger partial charge is 0.340 e. The van der Waals surface area contributed by atoms with E-state index in [1.54, 1.807) is 6.07 Å². The molecule has 0 spiro atoms. The van der Waals surface area contributed by atoms with Crippen LogP contribution in [0.1, 0.15) is 49.0 Å². The van der Waals surface area contributed by atoms with Gasteiger partial charge in [0.25, 0.3) is 0 Å². The second-order valence-electron chi connectivity index (χ2n) is 4.16. The van der Waals surface area contributed by atoms with Gasteiger partial charge in [-0.2, -0.15) is 0 Å². The van der Waals surface area contributed by atoms with Crippen LogP contribution < -0.4 is 5.73 Å². The van der Waals surface area contributed by atoms with Gasteiger partial charge in [-0.15, -0.1) is 0 Å². The van der Waals surface area contributed by atoms with Crippen molar-refractivity contribution in [2.45, 2.75) is 39.5 Å². The van der Waals surface area contributed by atoms with Crippen LogP contribution >= 0.6 is 0 Å². The highest BCUT2D eigenvalue weighted by Crippen LogP contribution is 2.17. The zero-order valence-corrected chi connectivity index (χ0v) is 10.7. The lowest BCUT2D eigenvalue weighted by Crippen LogP contribution is -2.09. The maximum Gasteiger partial charge on any atom is 0.340 e. The molecule has 0 aliphatic carbocycles. The number of hydrogen-bond acceptors (Lipinski definition) is 3. The number of carbonyl (C=O) groups is 1. The fourth-order valence-electron chi connectivity index (χ4n) is 1.59. The Labute approximate surface area is 103 Å². The fourth-order valence-corrected chi connectivity index (χ4v) is 1.59. The number of aryl methyl sites for hydroxylation is 1. The fraction of sp³-hybridized carbons (Fsp3) is 0.500. The first kappa shape index (κ1) is 13.6. The SMILES string of the molecule is CCCCc1ccc(N)c(C(=O)OCCC)c1. The average molecular weight is 235 g/mol. The van der Waals surface area contributed by atoms with Gasteiger partial charge in [-0.05, 0) is 37.0 Å². The molecule has 1 aromatic rings. The standard InChI is InChI=1S/C14H21NO2/c1-3-5-6-11-7-8-13(15)12(10-11)14(16)17-9-4-2/h7-8,10H,3-6,9,15H2,1-2H3. The molecule has 0 aliphatic rings. The zero-order chi connectivity index (χ0) is 12.7. The predicted octanol–water partition coefficient (Wildman–Crippen LogP) is 3.18. The van der Waals surface area contributed by atoms with E-state index < -0.39 is 0 Å². The Balaban J connectivity index is 2.78. The van der Waals surface area contributed by atoms with Gasteiger partial charge < -0.3 is 10.5 Å². The van der Waals surface area contributed by atoms with Crippen molar-refractivity contribution in [2.24, 2.45) is 0 Å². The molecule has 0 heterocycles. The van der Waals surface area contributed by atoms with Crippen molar-refractivity contribution < 1.29 is 9.53 Å². The van der Waals surface area contributed by atoms with Gasteiger partial charge in [-0.1, -0.05) is 26.3 Å². The minimum Gasteiger partial charge on any atom is -0.462 e. The summed E-state index contributed by atoms with van der Waals surface area (Å²) in [6.45, 7) is 4.56. The lowest BCUT2D eigenvalue weighted by molar-refractivity contribution is 0.0506. The Bertz CT molecular complexity index is 374. The summed E-state index contributed by atoms with van der Waals surface area (Å²) in [5, 5.41) is 0. The highest BCUT2D eigenvalue weighted by molar-refractivity contribution is 5.95. The summed E-state index contributed by atoms with van der Waals surface area (Å²) >= 11 is 0. The summed E-state index contributed by atoms with van der Waals surface area (Å²) < 4.78 is 5.10. The Morgan fingerprint density at radius 2 is 2.06 bits per heavy atom. The van der Waals surface area contributed by atoms with Crippen LogP contribution in [-0.2, 0) is 11.2 Å². The highest BCUT2D eigenvalue weighted by Gasteiger charge is 2.11. The summed E-state index contributed by atoms with van der Waals surface area (Å²) in [6.07, 6.45) is 4.05. The first-order valence-corrected chi connectivity index (χ1v) is 6.24. The molecule has 0 atom stereocenters. The van der Waals surface area contributed by atoms with Gasteiger partial charge in [0.1, 0.15) is 0 Å². The molecule has 0 fully saturated rings. The number of anilines is 1. The van der Waals surface area contributed by atoms with Gasteiger partial charge >= 0.3 is 5.97 Å². The number of carbonyl (C=O) groups excluding carboxylic acids is 1. The van der Waals surface area contributed by atoms with Crippen LogP contribution in [0.4, 0.5) is 5.69 Å². The third-order valence-electron chi connectivity index (χ3n) is 2.59. The first-order valence-electron chi connectivity index (χ1n) is 6.24. The number of nitrogens with two attached hydrogens (primary N) is 1. The maximum atomic E-state index is 11.7. The molecule has 3 heteroatoms. The van der Waals surface area contributed by atoms with E-state index >= 15 is 0 Å². The third kappa shape index (κ3) is 4.10. The van der Waals surface area contributed by atoms with Crippen molar-refractivity contribution in [1.82, 2.24) is 0 Å². The van der Waals surface area contributed by atoms with Crippen LogP contribution in [0.15, 0.2) is 18.2 Å². The van der Waals surface area contributed by atoms with E-state index in [9.17, 15) is 4.79 Å². The van der Waals surface area contributed by atoms with Crippen LogP contribution in [-0.4, -0.2) is 12.6 Å². The monoisotopic (exact) mass is 235 g/mol. The molecule has 1 rings (SSSR count). The molecule has 0 saturated heterocycles. The summed E-state index contributed by atoms with van der Waals surface area (Å²) in [4.78, 5) is 11.7. The molecule has 94 valence electrons. The van der Waals surface area contributed by atoms with Crippen molar-refractivity contribution in [1.29, 1.82) is 0 Å². The number of rotatable bonds is 6. The van der Waals surface area contributed by atoms with Crippen LogP contribution in [0, 0.1) is 0 Å². The van der Waals surface area contributed by atoms with Crippen LogP contribution in [0.25, 0.3) is 0 Å². The lowest BCUT2D eigenvalue weighted by atomic mass is 10.0. The van der Waals surface area contributed by atoms with E-state index in [2.05, 4.69) is 6.92 Å². The van der Waals surface area contributed by atoms with Gasteiger partial charge in [-0.3, -0.25) is 0 Å². The quantitative estimate of drug-likeness (QED) is 0.608. The van der Waals surface area contributed by atoms with E-state index in [0.29, 0.717) is 17.9 Å². The second-order valence-corrected chi connectivity index (χ2v) is 4.16.